The predicted octanol–water partition coefficient (Wildman–Crippen LogP) is 4.16. The molecule has 128 valence electrons. The highest BCUT2D eigenvalue weighted by molar-refractivity contribution is 5.67. The van der Waals surface area contributed by atoms with Gasteiger partial charge in [-0.05, 0) is 44.1 Å². The summed E-state index contributed by atoms with van der Waals surface area (Å²) in [6.45, 7) is 9.37. The fraction of sp³-hybridized carbons (Fsp3) is 0.684. The molecule has 0 aliphatic heterocycles. The van der Waals surface area contributed by atoms with E-state index in [4.69, 9.17) is 9.47 Å². The number of rotatable bonds is 3. The lowest BCUT2D eigenvalue weighted by molar-refractivity contribution is -0.153. The second-order valence-electron chi connectivity index (χ2n) is 7.13. The monoisotopic (exact) mass is 320 g/mol. The Hall–Kier alpha value is -1.58. The zero-order chi connectivity index (χ0) is 17.2. The van der Waals surface area contributed by atoms with Crippen molar-refractivity contribution in [3.8, 4) is 0 Å². The fourth-order valence-electron chi connectivity index (χ4n) is 4.43. The van der Waals surface area contributed by atoms with Crippen LogP contribution in [-0.4, -0.2) is 18.0 Å². The molecule has 2 rings (SSSR count). The largest absolute Gasteiger partial charge is 0.462 e. The number of carbonyl (C=O) groups excluding carboxylic acids is 2. The van der Waals surface area contributed by atoms with E-state index in [-0.39, 0.29) is 29.4 Å². The van der Waals surface area contributed by atoms with Gasteiger partial charge in [0.05, 0.1) is 6.26 Å². The van der Waals surface area contributed by atoms with Gasteiger partial charge in [-0.15, -0.1) is 0 Å². The van der Waals surface area contributed by atoms with Gasteiger partial charge in [0, 0.05) is 25.2 Å². The van der Waals surface area contributed by atoms with Crippen LogP contribution in [0, 0.1) is 17.3 Å². The first-order chi connectivity index (χ1) is 10.8. The first-order valence-electron chi connectivity index (χ1n) is 8.47. The number of carbonyl (C=O) groups is 2. The van der Waals surface area contributed by atoms with Crippen molar-refractivity contribution in [3.05, 3.63) is 23.5 Å². The van der Waals surface area contributed by atoms with E-state index in [1.165, 1.54) is 19.4 Å². The van der Waals surface area contributed by atoms with Crippen molar-refractivity contribution in [1.82, 2.24) is 0 Å². The predicted molar refractivity (Wildman–Crippen MR) is 88.4 cm³/mol. The van der Waals surface area contributed by atoms with E-state index in [1.807, 2.05) is 6.92 Å². The highest BCUT2D eigenvalue weighted by Crippen LogP contribution is 2.56. The third kappa shape index (κ3) is 3.51. The van der Waals surface area contributed by atoms with E-state index in [1.54, 1.807) is 6.26 Å². The molecule has 2 aliphatic rings. The average molecular weight is 320 g/mol. The van der Waals surface area contributed by atoms with Crippen LogP contribution in [0.2, 0.25) is 0 Å². The maximum absolute atomic E-state index is 11.6. The minimum atomic E-state index is -0.332. The molecule has 0 aromatic carbocycles. The Morgan fingerprint density at radius 1 is 1.22 bits per heavy atom. The lowest BCUT2D eigenvalue weighted by Crippen LogP contribution is -2.49. The standard InChI is InChI=1S/C19H28O4/c1-12(11-22-14(3)20)18-17(23-15(4)21)10-9-16-8-6-7-13(2)19(16,18)5/h8,11,13,17-18H,6-7,9-10H2,1-5H3. The van der Waals surface area contributed by atoms with Gasteiger partial charge in [0.15, 0.2) is 0 Å². The first kappa shape index (κ1) is 17.8. The summed E-state index contributed by atoms with van der Waals surface area (Å²) in [6.07, 6.45) is 7.77. The third-order valence-corrected chi connectivity index (χ3v) is 5.64. The van der Waals surface area contributed by atoms with Crippen molar-refractivity contribution in [1.29, 1.82) is 0 Å². The molecule has 23 heavy (non-hydrogen) atoms. The Bertz CT molecular complexity index is 546. The zero-order valence-electron chi connectivity index (χ0n) is 14.8. The smallest absolute Gasteiger partial charge is 0.307 e. The summed E-state index contributed by atoms with van der Waals surface area (Å²) in [5, 5.41) is 0. The molecule has 0 N–H and O–H groups in total. The minimum absolute atomic E-state index is 0.0426. The molecule has 2 aliphatic carbocycles. The maximum atomic E-state index is 11.6. The van der Waals surface area contributed by atoms with Gasteiger partial charge in [-0.1, -0.05) is 25.5 Å². The molecule has 0 amide bonds. The lowest BCUT2D eigenvalue weighted by atomic mass is 9.53. The topological polar surface area (TPSA) is 52.6 Å². The Labute approximate surface area is 138 Å². The van der Waals surface area contributed by atoms with E-state index in [2.05, 4.69) is 19.9 Å². The van der Waals surface area contributed by atoms with Crippen LogP contribution in [-0.2, 0) is 19.1 Å². The van der Waals surface area contributed by atoms with E-state index >= 15 is 0 Å². The van der Waals surface area contributed by atoms with Crippen LogP contribution < -0.4 is 0 Å². The van der Waals surface area contributed by atoms with Gasteiger partial charge < -0.3 is 9.47 Å². The molecule has 4 atom stereocenters. The van der Waals surface area contributed by atoms with Gasteiger partial charge in [0.25, 0.3) is 0 Å². The molecule has 0 heterocycles. The Morgan fingerprint density at radius 2 is 1.91 bits per heavy atom. The van der Waals surface area contributed by atoms with Crippen LogP contribution in [0.1, 0.15) is 60.3 Å². The molecule has 4 unspecified atom stereocenters. The zero-order valence-corrected chi connectivity index (χ0v) is 14.8. The summed E-state index contributed by atoms with van der Waals surface area (Å²) < 4.78 is 10.8. The van der Waals surface area contributed by atoms with Crippen molar-refractivity contribution >= 4 is 11.9 Å². The summed E-state index contributed by atoms with van der Waals surface area (Å²) >= 11 is 0. The lowest BCUT2D eigenvalue weighted by Gasteiger charge is -2.52. The van der Waals surface area contributed by atoms with E-state index in [0.717, 1.165) is 31.3 Å². The summed E-state index contributed by atoms with van der Waals surface area (Å²) in [5.74, 6) is -0.0471. The van der Waals surface area contributed by atoms with Gasteiger partial charge in [-0.3, -0.25) is 9.59 Å². The van der Waals surface area contributed by atoms with Crippen LogP contribution in [0.15, 0.2) is 23.5 Å². The highest BCUT2D eigenvalue weighted by atomic mass is 16.5. The van der Waals surface area contributed by atoms with Crippen molar-refractivity contribution < 1.29 is 19.1 Å². The van der Waals surface area contributed by atoms with Crippen LogP contribution in [0.4, 0.5) is 0 Å². The Balaban J connectivity index is 2.42. The molecular weight excluding hydrogens is 292 g/mol. The molecular formula is C19H28O4. The van der Waals surface area contributed by atoms with Gasteiger partial charge in [0.1, 0.15) is 6.10 Å². The molecule has 0 spiro atoms. The fourth-order valence-corrected chi connectivity index (χ4v) is 4.43. The van der Waals surface area contributed by atoms with Crippen LogP contribution in [0.25, 0.3) is 0 Å². The number of fused-ring (bicyclic) bond motifs is 1. The summed E-state index contributed by atoms with van der Waals surface area (Å²) in [6, 6.07) is 0. The molecule has 0 aromatic rings. The van der Waals surface area contributed by atoms with E-state index in [9.17, 15) is 9.59 Å². The van der Waals surface area contributed by atoms with Crippen molar-refractivity contribution in [2.45, 2.75) is 66.4 Å². The molecule has 0 bridgehead atoms. The molecule has 0 saturated heterocycles. The number of ether oxygens (including phenoxy) is 2. The van der Waals surface area contributed by atoms with Crippen molar-refractivity contribution in [2.24, 2.45) is 17.3 Å². The Kier molecular flexibility index (Phi) is 5.33. The van der Waals surface area contributed by atoms with E-state index < -0.39 is 0 Å². The molecule has 0 aromatic heterocycles. The van der Waals surface area contributed by atoms with Gasteiger partial charge in [0.2, 0.25) is 0 Å². The number of hydrogen-bond acceptors (Lipinski definition) is 4. The summed E-state index contributed by atoms with van der Waals surface area (Å²) in [7, 11) is 0. The normalized spacial score (nSPS) is 34.2. The minimum Gasteiger partial charge on any atom is -0.462 e. The van der Waals surface area contributed by atoms with Crippen molar-refractivity contribution in [3.63, 3.8) is 0 Å². The molecule has 1 fully saturated rings. The number of hydrogen-bond donors (Lipinski definition) is 0. The van der Waals surface area contributed by atoms with E-state index in [0.29, 0.717) is 5.92 Å². The SMILES string of the molecule is CC(=O)OC=C(C)C1C(OC(C)=O)CCC2=CCCC(C)C21C. The Morgan fingerprint density at radius 3 is 2.52 bits per heavy atom. The molecule has 4 heteroatoms. The summed E-state index contributed by atoms with van der Waals surface area (Å²) in [5.41, 5.74) is 2.37. The van der Waals surface area contributed by atoms with Crippen LogP contribution in [0.5, 0.6) is 0 Å². The van der Waals surface area contributed by atoms with Gasteiger partial charge in [-0.25, -0.2) is 0 Å². The second kappa shape index (κ2) is 6.90. The van der Waals surface area contributed by atoms with Crippen LogP contribution in [0.3, 0.4) is 0 Å². The summed E-state index contributed by atoms with van der Waals surface area (Å²) in [4.78, 5) is 22.7. The quantitative estimate of drug-likeness (QED) is 0.445. The first-order valence-corrected chi connectivity index (χ1v) is 8.47. The second-order valence-corrected chi connectivity index (χ2v) is 7.13. The third-order valence-electron chi connectivity index (χ3n) is 5.64. The average Bonchev–Trinajstić information content (AvgIpc) is 2.45. The highest BCUT2D eigenvalue weighted by Gasteiger charge is 2.51. The molecule has 4 nitrogen and oxygen atoms in total. The maximum Gasteiger partial charge on any atom is 0.307 e. The molecule has 0 radical (unpaired) electrons. The number of allylic oxidation sites excluding steroid dienone is 2. The van der Waals surface area contributed by atoms with Crippen molar-refractivity contribution in [2.75, 3.05) is 0 Å². The van der Waals surface area contributed by atoms with Crippen LogP contribution >= 0.6 is 0 Å². The van der Waals surface area contributed by atoms with Gasteiger partial charge >= 0.3 is 11.9 Å². The molecule has 1 saturated carbocycles. The number of esters is 2. The van der Waals surface area contributed by atoms with Gasteiger partial charge in [-0.2, -0.15) is 0 Å².